The minimum Gasteiger partial charge on any atom is -0.385 e. The normalized spacial score (nSPS) is 20.4. The largest absolute Gasteiger partial charge is 0.385 e. The predicted octanol–water partition coefficient (Wildman–Crippen LogP) is 4.22. The summed E-state index contributed by atoms with van der Waals surface area (Å²) in [5.74, 6) is 0. The Morgan fingerprint density at radius 3 is 2.07 bits per heavy atom. The Hall–Kier alpha value is -1.31. The maximum atomic E-state index is 12.0. The molecule has 0 saturated carbocycles. The topological polar surface area (TPSA) is 70.7 Å². The van der Waals surface area contributed by atoms with Crippen molar-refractivity contribution in [2.45, 2.75) is 84.7 Å². The molecule has 0 aliphatic carbocycles. The number of hydrogen-bond acceptors (Lipinski definition) is 5. The van der Waals surface area contributed by atoms with E-state index in [4.69, 9.17) is 4.74 Å². The van der Waals surface area contributed by atoms with Crippen LogP contribution >= 0.6 is 0 Å². The van der Waals surface area contributed by atoms with Crippen LogP contribution in [0.4, 0.5) is 11.4 Å². The molecule has 1 aliphatic heterocycles. The van der Waals surface area contributed by atoms with Crippen LogP contribution in [0.1, 0.15) is 65.0 Å². The fourth-order valence-electron chi connectivity index (χ4n) is 3.85. The fourth-order valence-corrected chi connectivity index (χ4v) is 4.70. The number of nitrogens with one attached hydrogen (secondary N) is 2. The average Bonchev–Trinajstić information content (AvgIpc) is 2.60. The number of anilines is 2. The van der Waals surface area contributed by atoms with Crippen molar-refractivity contribution in [3.8, 4) is 0 Å². The third kappa shape index (κ3) is 6.86. The Morgan fingerprint density at radius 1 is 1.00 bits per heavy atom. The van der Waals surface area contributed by atoms with E-state index in [1.165, 1.54) is 22.5 Å². The Kier molecular flexibility index (Phi) is 8.60. The molecule has 1 aliphatic rings. The maximum Gasteiger partial charge on any atom is 0.216 e. The number of ether oxygens (including phenoxy) is 1. The Balaban J connectivity index is 1.80. The SMILES string of the molecule is Cc1cc(N2CC(C)OC(C)C2)cc(C)c1NCCCCCNS(=O)(=O)C(C)(C)C. The van der Waals surface area contributed by atoms with E-state index < -0.39 is 14.8 Å². The molecule has 2 unspecified atom stereocenters. The van der Waals surface area contributed by atoms with Gasteiger partial charge in [-0.25, -0.2) is 13.1 Å². The second-order valence-electron chi connectivity index (χ2n) is 9.61. The van der Waals surface area contributed by atoms with E-state index in [1.807, 2.05) is 0 Å². The molecule has 2 atom stereocenters. The first-order valence-electron chi connectivity index (χ1n) is 11.2. The Labute approximate surface area is 183 Å². The van der Waals surface area contributed by atoms with Crippen LogP contribution in [-0.4, -0.2) is 51.6 Å². The first-order valence-corrected chi connectivity index (χ1v) is 12.6. The molecule has 1 heterocycles. The summed E-state index contributed by atoms with van der Waals surface area (Å²) in [7, 11) is -3.24. The highest BCUT2D eigenvalue weighted by atomic mass is 32.2. The van der Waals surface area contributed by atoms with Crippen molar-refractivity contribution in [1.29, 1.82) is 0 Å². The number of unbranched alkanes of at least 4 members (excludes halogenated alkanes) is 2. The van der Waals surface area contributed by atoms with Gasteiger partial charge in [0.1, 0.15) is 0 Å². The second-order valence-corrected chi connectivity index (χ2v) is 12.1. The fraction of sp³-hybridized carbons (Fsp3) is 0.739. The molecule has 6 nitrogen and oxygen atoms in total. The molecule has 0 radical (unpaired) electrons. The standard InChI is InChI=1S/C23H41N3O3S/c1-17-13-21(26-15-19(3)29-20(4)16-26)14-18(2)22(17)24-11-9-8-10-12-25-30(27,28)23(5,6)7/h13-14,19-20,24-25H,8-12,15-16H2,1-7H3. The first-order chi connectivity index (χ1) is 13.9. The molecule has 0 bridgehead atoms. The summed E-state index contributed by atoms with van der Waals surface area (Å²) in [5.41, 5.74) is 5.00. The molecule has 30 heavy (non-hydrogen) atoms. The van der Waals surface area contributed by atoms with Gasteiger partial charge in [0.15, 0.2) is 0 Å². The zero-order valence-corrected chi connectivity index (χ0v) is 20.7. The number of rotatable bonds is 9. The molecular formula is C23H41N3O3S. The molecule has 1 saturated heterocycles. The lowest BCUT2D eigenvalue weighted by Crippen LogP contribution is -2.45. The van der Waals surface area contributed by atoms with Gasteiger partial charge in [-0.05, 0) is 84.6 Å². The van der Waals surface area contributed by atoms with Crippen LogP contribution in [0.5, 0.6) is 0 Å². The molecular weight excluding hydrogens is 398 g/mol. The molecule has 2 rings (SSSR count). The zero-order chi connectivity index (χ0) is 22.5. The summed E-state index contributed by atoms with van der Waals surface area (Å²) in [6, 6.07) is 4.53. The van der Waals surface area contributed by atoms with Crippen molar-refractivity contribution in [2.24, 2.45) is 0 Å². The summed E-state index contributed by atoms with van der Waals surface area (Å²) in [6.07, 6.45) is 3.34. The predicted molar refractivity (Wildman–Crippen MR) is 127 cm³/mol. The quantitative estimate of drug-likeness (QED) is 0.564. The molecule has 2 N–H and O–H groups in total. The summed E-state index contributed by atoms with van der Waals surface area (Å²) >= 11 is 0. The average molecular weight is 440 g/mol. The van der Waals surface area contributed by atoms with Crippen LogP contribution in [0.3, 0.4) is 0 Å². The van der Waals surface area contributed by atoms with Gasteiger partial charge in [0.25, 0.3) is 0 Å². The van der Waals surface area contributed by atoms with Crippen LogP contribution in [-0.2, 0) is 14.8 Å². The molecule has 172 valence electrons. The molecule has 1 aromatic rings. The summed E-state index contributed by atoms with van der Waals surface area (Å²) in [4.78, 5) is 2.42. The monoisotopic (exact) mass is 439 g/mol. The van der Waals surface area contributed by atoms with Gasteiger partial charge in [-0.1, -0.05) is 6.42 Å². The third-order valence-electron chi connectivity index (χ3n) is 5.56. The third-order valence-corrected chi connectivity index (χ3v) is 7.75. The summed E-state index contributed by atoms with van der Waals surface area (Å²) < 4.78 is 31.9. The Morgan fingerprint density at radius 2 is 1.53 bits per heavy atom. The number of nitrogens with zero attached hydrogens (tertiary/aromatic N) is 1. The van der Waals surface area contributed by atoms with Gasteiger partial charge >= 0.3 is 0 Å². The van der Waals surface area contributed by atoms with Crippen molar-refractivity contribution in [2.75, 3.05) is 36.4 Å². The minimum absolute atomic E-state index is 0.250. The molecule has 7 heteroatoms. The lowest BCUT2D eigenvalue weighted by atomic mass is 10.1. The number of benzene rings is 1. The van der Waals surface area contributed by atoms with Gasteiger partial charge in [-0.2, -0.15) is 0 Å². The van der Waals surface area contributed by atoms with E-state index in [9.17, 15) is 8.42 Å². The smallest absolute Gasteiger partial charge is 0.216 e. The maximum absolute atomic E-state index is 12.0. The van der Waals surface area contributed by atoms with Crippen LogP contribution in [0.15, 0.2) is 12.1 Å². The van der Waals surface area contributed by atoms with Gasteiger partial charge in [-0.15, -0.1) is 0 Å². The number of aryl methyl sites for hydroxylation is 2. The van der Waals surface area contributed by atoms with E-state index in [0.29, 0.717) is 6.54 Å². The highest BCUT2D eigenvalue weighted by molar-refractivity contribution is 7.90. The first kappa shape index (κ1) is 25.0. The molecule has 1 aromatic carbocycles. The summed E-state index contributed by atoms with van der Waals surface area (Å²) in [5, 5.41) is 3.58. The second kappa shape index (κ2) is 10.3. The van der Waals surface area contributed by atoms with Gasteiger partial charge in [0.05, 0.1) is 17.0 Å². The van der Waals surface area contributed by atoms with Crippen LogP contribution in [0.25, 0.3) is 0 Å². The Bertz CT molecular complexity index is 769. The highest BCUT2D eigenvalue weighted by Crippen LogP contribution is 2.29. The number of hydrogen-bond donors (Lipinski definition) is 2. The van der Waals surface area contributed by atoms with Crippen LogP contribution in [0.2, 0.25) is 0 Å². The van der Waals surface area contributed by atoms with E-state index >= 15 is 0 Å². The van der Waals surface area contributed by atoms with Gasteiger partial charge < -0.3 is 15.0 Å². The molecule has 0 amide bonds. The van der Waals surface area contributed by atoms with E-state index in [0.717, 1.165) is 38.9 Å². The van der Waals surface area contributed by atoms with E-state index in [2.05, 4.69) is 54.8 Å². The van der Waals surface area contributed by atoms with Gasteiger partial charge in [0.2, 0.25) is 10.0 Å². The highest BCUT2D eigenvalue weighted by Gasteiger charge is 2.28. The molecule has 0 aromatic heterocycles. The minimum atomic E-state index is -3.24. The lowest BCUT2D eigenvalue weighted by molar-refractivity contribution is -0.00522. The lowest BCUT2D eigenvalue weighted by Gasteiger charge is -2.37. The van der Waals surface area contributed by atoms with Crippen molar-refractivity contribution in [3.05, 3.63) is 23.3 Å². The van der Waals surface area contributed by atoms with Crippen LogP contribution in [0, 0.1) is 13.8 Å². The van der Waals surface area contributed by atoms with Gasteiger partial charge in [0, 0.05) is 37.6 Å². The number of morpholine rings is 1. The van der Waals surface area contributed by atoms with Crippen molar-refractivity contribution >= 4 is 21.4 Å². The van der Waals surface area contributed by atoms with E-state index in [1.54, 1.807) is 20.8 Å². The van der Waals surface area contributed by atoms with Crippen LogP contribution < -0.4 is 14.9 Å². The molecule has 0 spiro atoms. The van der Waals surface area contributed by atoms with Crippen molar-refractivity contribution < 1.29 is 13.2 Å². The van der Waals surface area contributed by atoms with Crippen molar-refractivity contribution in [3.63, 3.8) is 0 Å². The van der Waals surface area contributed by atoms with E-state index in [-0.39, 0.29) is 12.2 Å². The van der Waals surface area contributed by atoms with Crippen molar-refractivity contribution in [1.82, 2.24) is 4.72 Å². The van der Waals surface area contributed by atoms with Gasteiger partial charge in [-0.3, -0.25) is 0 Å². The zero-order valence-electron chi connectivity index (χ0n) is 19.8. The molecule has 1 fully saturated rings. The summed E-state index contributed by atoms with van der Waals surface area (Å²) in [6.45, 7) is 17.0. The number of sulfonamides is 1.